The van der Waals surface area contributed by atoms with Crippen molar-refractivity contribution in [3.05, 3.63) is 29.6 Å². The highest BCUT2D eigenvalue weighted by Gasteiger charge is 2.05. The number of ether oxygens (including phenoxy) is 1. The summed E-state index contributed by atoms with van der Waals surface area (Å²) in [4.78, 5) is 0.0598. The highest BCUT2D eigenvalue weighted by Crippen LogP contribution is 2.16. The zero-order valence-electron chi connectivity index (χ0n) is 7.92. The first-order chi connectivity index (χ1) is 6.65. The average molecular weight is 213 g/mol. The van der Waals surface area contributed by atoms with Crippen molar-refractivity contribution >= 4 is 17.2 Å². The molecule has 0 radical (unpaired) electrons. The van der Waals surface area contributed by atoms with E-state index in [4.69, 9.17) is 10.5 Å². The predicted octanol–water partition coefficient (Wildman–Crippen LogP) is 2.25. The van der Waals surface area contributed by atoms with Crippen LogP contribution in [0.1, 0.15) is 18.9 Å². The molecular formula is C10H12FNOS. The van der Waals surface area contributed by atoms with Crippen molar-refractivity contribution in [2.75, 3.05) is 6.61 Å². The molecule has 2 N–H and O–H groups in total. The van der Waals surface area contributed by atoms with Crippen LogP contribution in [0.4, 0.5) is 4.39 Å². The molecule has 0 saturated carbocycles. The van der Waals surface area contributed by atoms with Gasteiger partial charge in [0.25, 0.3) is 0 Å². The van der Waals surface area contributed by atoms with Gasteiger partial charge in [0.1, 0.15) is 16.6 Å². The Labute approximate surface area is 87.9 Å². The van der Waals surface area contributed by atoms with Crippen LogP contribution in [0.2, 0.25) is 0 Å². The van der Waals surface area contributed by atoms with E-state index in [-0.39, 0.29) is 10.6 Å². The van der Waals surface area contributed by atoms with Crippen LogP contribution in [0.15, 0.2) is 18.2 Å². The Morgan fingerprint density at radius 3 is 2.79 bits per heavy atom. The minimum absolute atomic E-state index is 0.0598. The van der Waals surface area contributed by atoms with E-state index in [0.717, 1.165) is 6.42 Å². The second kappa shape index (κ2) is 4.91. The van der Waals surface area contributed by atoms with Gasteiger partial charge in [0, 0.05) is 11.6 Å². The van der Waals surface area contributed by atoms with Gasteiger partial charge in [-0.2, -0.15) is 0 Å². The molecule has 0 spiro atoms. The maximum absolute atomic E-state index is 13.3. The summed E-state index contributed by atoms with van der Waals surface area (Å²) in [5.41, 5.74) is 5.57. The predicted molar refractivity (Wildman–Crippen MR) is 58.1 cm³/mol. The lowest BCUT2D eigenvalue weighted by Crippen LogP contribution is -2.11. The number of thiocarbonyl (C=S) groups is 1. The average Bonchev–Trinajstić information content (AvgIpc) is 2.14. The topological polar surface area (TPSA) is 35.2 Å². The Kier molecular flexibility index (Phi) is 3.83. The molecule has 0 aromatic heterocycles. The quantitative estimate of drug-likeness (QED) is 0.779. The van der Waals surface area contributed by atoms with Gasteiger partial charge >= 0.3 is 0 Å². The molecule has 0 bridgehead atoms. The van der Waals surface area contributed by atoms with Crippen LogP contribution in [0.25, 0.3) is 0 Å². The lowest BCUT2D eigenvalue weighted by atomic mass is 10.2. The summed E-state index contributed by atoms with van der Waals surface area (Å²) in [5, 5.41) is 0. The summed E-state index contributed by atoms with van der Waals surface area (Å²) < 4.78 is 18.5. The molecule has 0 heterocycles. The summed E-state index contributed by atoms with van der Waals surface area (Å²) >= 11 is 4.68. The number of rotatable bonds is 4. The fraction of sp³-hybridized carbons (Fsp3) is 0.300. The standard InChI is InChI=1S/C10H12FNOS/c1-2-5-13-7-3-4-8(10(12)14)9(11)6-7/h3-4,6H,2,5H2,1H3,(H2,12,14). The van der Waals surface area contributed by atoms with Crippen molar-refractivity contribution in [2.45, 2.75) is 13.3 Å². The first-order valence-corrected chi connectivity index (χ1v) is 4.78. The summed E-state index contributed by atoms with van der Waals surface area (Å²) in [6.07, 6.45) is 0.888. The molecule has 0 saturated heterocycles. The Hall–Kier alpha value is -1.16. The molecule has 0 amide bonds. The Balaban J connectivity index is 2.83. The molecule has 0 aliphatic carbocycles. The normalized spacial score (nSPS) is 9.86. The van der Waals surface area contributed by atoms with E-state index in [1.54, 1.807) is 6.07 Å². The van der Waals surface area contributed by atoms with Gasteiger partial charge in [-0.15, -0.1) is 0 Å². The first kappa shape index (κ1) is 10.9. The maximum Gasteiger partial charge on any atom is 0.137 e. The fourth-order valence-electron chi connectivity index (χ4n) is 1.01. The van der Waals surface area contributed by atoms with Crippen molar-refractivity contribution in [2.24, 2.45) is 5.73 Å². The van der Waals surface area contributed by atoms with E-state index in [9.17, 15) is 4.39 Å². The van der Waals surface area contributed by atoms with Crippen LogP contribution in [0.5, 0.6) is 5.75 Å². The van der Waals surface area contributed by atoms with Crippen molar-refractivity contribution in [1.82, 2.24) is 0 Å². The van der Waals surface area contributed by atoms with Gasteiger partial charge in [0.2, 0.25) is 0 Å². The number of benzene rings is 1. The molecule has 2 nitrogen and oxygen atoms in total. The zero-order chi connectivity index (χ0) is 10.6. The van der Waals surface area contributed by atoms with Gasteiger partial charge in [-0.05, 0) is 18.6 Å². The molecule has 4 heteroatoms. The van der Waals surface area contributed by atoms with Gasteiger partial charge < -0.3 is 10.5 Å². The lowest BCUT2D eigenvalue weighted by molar-refractivity contribution is 0.316. The van der Waals surface area contributed by atoms with E-state index < -0.39 is 5.82 Å². The van der Waals surface area contributed by atoms with Crippen LogP contribution in [-0.4, -0.2) is 11.6 Å². The highest BCUT2D eigenvalue weighted by molar-refractivity contribution is 7.80. The summed E-state index contributed by atoms with van der Waals surface area (Å²) in [5.74, 6) is 0.0652. The second-order valence-corrected chi connectivity index (χ2v) is 3.29. The van der Waals surface area contributed by atoms with Crippen molar-refractivity contribution in [1.29, 1.82) is 0 Å². The molecule has 76 valence electrons. The Morgan fingerprint density at radius 2 is 2.29 bits per heavy atom. The molecule has 14 heavy (non-hydrogen) atoms. The first-order valence-electron chi connectivity index (χ1n) is 4.37. The molecular weight excluding hydrogens is 201 g/mol. The van der Waals surface area contributed by atoms with E-state index in [1.165, 1.54) is 12.1 Å². The number of halogens is 1. The zero-order valence-corrected chi connectivity index (χ0v) is 8.73. The monoisotopic (exact) mass is 213 g/mol. The van der Waals surface area contributed by atoms with Gasteiger partial charge in [-0.25, -0.2) is 4.39 Å². The van der Waals surface area contributed by atoms with E-state index >= 15 is 0 Å². The van der Waals surface area contributed by atoms with Crippen molar-refractivity contribution < 1.29 is 9.13 Å². The summed E-state index contributed by atoms with van der Waals surface area (Å²) in [7, 11) is 0. The van der Waals surface area contributed by atoms with Gasteiger partial charge in [0.15, 0.2) is 0 Å². The minimum atomic E-state index is -0.439. The summed E-state index contributed by atoms with van der Waals surface area (Å²) in [6, 6.07) is 4.49. The van der Waals surface area contributed by atoms with Crippen LogP contribution in [0, 0.1) is 5.82 Å². The third kappa shape index (κ3) is 2.67. The van der Waals surface area contributed by atoms with Gasteiger partial charge in [0.05, 0.1) is 6.61 Å². The SMILES string of the molecule is CCCOc1ccc(C(N)=S)c(F)c1. The van der Waals surface area contributed by atoms with Crippen molar-refractivity contribution in [3.63, 3.8) is 0 Å². The Morgan fingerprint density at radius 1 is 1.57 bits per heavy atom. The van der Waals surface area contributed by atoms with Crippen LogP contribution >= 0.6 is 12.2 Å². The van der Waals surface area contributed by atoms with E-state index in [2.05, 4.69) is 12.2 Å². The van der Waals surface area contributed by atoms with Crippen LogP contribution in [-0.2, 0) is 0 Å². The highest BCUT2D eigenvalue weighted by atomic mass is 32.1. The molecule has 0 atom stereocenters. The maximum atomic E-state index is 13.3. The number of hydrogen-bond donors (Lipinski definition) is 1. The fourth-order valence-corrected chi connectivity index (χ4v) is 1.17. The molecule has 0 fully saturated rings. The lowest BCUT2D eigenvalue weighted by Gasteiger charge is -2.06. The molecule has 1 aromatic rings. The van der Waals surface area contributed by atoms with Gasteiger partial charge in [-0.3, -0.25) is 0 Å². The Bertz CT molecular complexity index is 341. The molecule has 0 unspecified atom stereocenters. The number of hydrogen-bond acceptors (Lipinski definition) is 2. The van der Waals surface area contributed by atoms with Crippen molar-refractivity contribution in [3.8, 4) is 5.75 Å². The number of nitrogens with two attached hydrogens (primary N) is 1. The molecule has 1 aromatic carbocycles. The van der Waals surface area contributed by atoms with E-state index in [0.29, 0.717) is 12.4 Å². The summed E-state index contributed by atoms with van der Waals surface area (Å²) in [6.45, 7) is 2.56. The van der Waals surface area contributed by atoms with Crippen LogP contribution in [0.3, 0.4) is 0 Å². The molecule has 1 rings (SSSR count). The largest absolute Gasteiger partial charge is 0.494 e. The van der Waals surface area contributed by atoms with Crippen LogP contribution < -0.4 is 10.5 Å². The smallest absolute Gasteiger partial charge is 0.137 e. The minimum Gasteiger partial charge on any atom is -0.494 e. The molecule has 0 aliphatic rings. The third-order valence-corrected chi connectivity index (χ3v) is 1.90. The second-order valence-electron chi connectivity index (χ2n) is 2.85. The third-order valence-electron chi connectivity index (χ3n) is 1.68. The van der Waals surface area contributed by atoms with Gasteiger partial charge in [-0.1, -0.05) is 19.1 Å². The molecule has 0 aliphatic heterocycles. The van der Waals surface area contributed by atoms with E-state index in [1.807, 2.05) is 6.92 Å².